The molecule has 1 atom stereocenters. The van der Waals surface area contributed by atoms with E-state index < -0.39 is 5.92 Å². The van der Waals surface area contributed by atoms with Gasteiger partial charge >= 0.3 is 5.97 Å². The van der Waals surface area contributed by atoms with Crippen LogP contribution in [0.15, 0.2) is 48.5 Å². The van der Waals surface area contributed by atoms with Gasteiger partial charge in [-0.25, -0.2) is 4.39 Å². The molecule has 1 unspecified atom stereocenters. The standard InChI is InChI=1S/C17H16FIO2/c1-2-21-17(20)15(11-19)13-8-9-14(16(18)10-13)12-6-4-3-5-7-12/h3-10,15H,2,11H2,1H3. The van der Waals surface area contributed by atoms with Crippen LogP contribution in [-0.4, -0.2) is 17.0 Å². The Hall–Kier alpha value is -1.43. The predicted molar refractivity (Wildman–Crippen MR) is 90.1 cm³/mol. The van der Waals surface area contributed by atoms with Gasteiger partial charge in [-0.3, -0.25) is 4.79 Å². The number of rotatable bonds is 5. The zero-order valence-corrected chi connectivity index (χ0v) is 13.8. The molecule has 0 saturated carbocycles. The molecular weight excluding hydrogens is 382 g/mol. The summed E-state index contributed by atoms with van der Waals surface area (Å²) in [4.78, 5) is 11.9. The highest BCUT2D eigenvalue weighted by atomic mass is 127. The molecular formula is C17H16FIO2. The van der Waals surface area contributed by atoms with E-state index in [0.717, 1.165) is 5.56 Å². The first kappa shape index (κ1) is 15.9. The number of carbonyl (C=O) groups is 1. The Morgan fingerprint density at radius 1 is 1.24 bits per heavy atom. The average Bonchev–Trinajstić information content (AvgIpc) is 2.49. The predicted octanol–water partition coefficient (Wildman–Crippen LogP) is 4.57. The summed E-state index contributed by atoms with van der Waals surface area (Å²) in [6, 6.07) is 14.3. The van der Waals surface area contributed by atoms with E-state index in [9.17, 15) is 9.18 Å². The van der Waals surface area contributed by atoms with E-state index in [4.69, 9.17) is 4.74 Å². The molecule has 0 aliphatic carbocycles. The molecule has 0 bridgehead atoms. The number of halogens is 2. The van der Waals surface area contributed by atoms with Crippen molar-refractivity contribution in [3.63, 3.8) is 0 Å². The third-order valence-electron chi connectivity index (χ3n) is 3.21. The number of ether oxygens (including phenoxy) is 1. The Bertz CT molecular complexity index is 613. The molecule has 0 aliphatic heterocycles. The van der Waals surface area contributed by atoms with Crippen LogP contribution < -0.4 is 0 Å². The van der Waals surface area contributed by atoms with E-state index >= 15 is 0 Å². The van der Waals surface area contributed by atoms with Crippen molar-refractivity contribution in [2.45, 2.75) is 12.8 Å². The van der Waals surface area contributed by atoms with Crippen LogP contribution in [0.2, 0.25) is 0 Å². The van der Waals surface area contributed by atoms with Gasteiger partial charge in [-0.2, -0.15) is 0 Å². The molecule has 0 aromatic heterocycles. The summed E-state index contributed by atoms with van der Waals surface area (Å²) in [5.74, 6) is -1.05. The monoisotopic (exact) mass is 398 g/mol. The van der Waals surface area contributed by atoms with Crippen LogP contribution in [0.3, 0.4) is 0 Å². The zero-order chi connectivity index (χ0) is 15.2. The van der Waals surface area contributed by atoms with Gasteiger partial charge in [0.25, 0.3) is 0 Å². The number of benzene rings is 2. The lowest BCUT2D eigenvalue weighted by Gasteiger charge is -2.14. The normalized spacial score (nSPS) is 12.0. The Labute approximate surface area is 137 Å². The van der Waals surface area contributed by atoms with Crippen LogP contribution in [0, 0.1) is 5.82 Å². The molecule has 4 heteroatoms. The van der Waals surface area contributed by atoms with Crippen molar-refractivity contribution in [1.82, 2.24) is 0 Å². The fraction of sp³-hybridized carbons (Fsp3) is 0.235. The third-order valence-corrected chi connectivity index (χ3v) is 4.09. The Balaban J connectivity index is 2.32. The van der Waals surface area contributed by atoms with Gasteiger partial charge in [0.15, 0.2) is 0 Å². The van der Waals surface area contributed by atoms with Crippen LogP contribution in [0.5, 0.6) is 0 Å². The fourth-order valence-corrected chi connectivity index (χ4v) is 3.00. The molecule has 2 nitrogen and oxygen atoms in total. The van der Waals surface area contributed by atoms with Gasteiger partial charge in [0.2, 0.25) is 0 Å². The van der Waals surface area contributed by atoms with Crippen LogP contribution in [0.4, 0.5) is 4.39 Å². The summed E-state index contributed by atoms with van der Waals surface area (Å²) in [6.07, 6.45) is 0. The molecule has 2 aromatic carbocycles. The molecule has 0 amide bonds. The van der Waals surface area contributed by atoms with E-state index in [1.165, 1.54) is 6.07 Å². The van der Waals surface area contributed by atoms with Gasteiger partial charge < -0.3 is 4.74 Å². The second kappa shape index (κ2) is 7.54. The minimum atomic E-state index is -0.426. The number of alkyl halides is 1. The smallest absolute Gasteiger partial charge is 0.314 e. The van der Waals surface area contributed by atoms with Crippen LogP contribution >= 0.6 is 22.6 Å². The third kappa shape index (κ3) is 3.81. The SMILES string of the molecule is CCOC(=O)C(CI)c1ccc(-c2ccccc2)c(F)c1. The Morgan fingerprint density at radius 3 is 2.52 bits per heavy atom. The van der Waals surface area contributed by atoms with E-state index in [1.54, 1.807) is 19.1 Å². The summed E-state index contributed by atoms with van der Waals surface area (Å²) < 4.78 is 19.9. The van der Waals surface area contributed by atoms with Gasteiger partial charge in [-0.05, 0) is 24.1 Å². The Kier molecular flexibility index (Phi) is 5.73. The quantitative estimate of drug-likeness (QED) is 0.419. The van der Waals surface area contributed by atoms with E-state index in [1.807, 2.05) is 30.3 Å². The fourth-order valence-electron chi connectivity index (χ4n) is 2.13. The molecule has 21 heavy (non-hydrogen) atoms. The van der Waals surface area contributed by atoms with Crippen LogP contribution in [0.1, 0.15) is 18.4 Å². The molecule has 0 radical (unpaired) electrons. The van der Waals surface area contributed by atoms with Crippen molar-refractivity contribution in [3.05, 3.63) is 59.9 Å². The number of hydrogen-bond acceptors (Lipinski definition) is 2. The summed E-state index contributed by atoms with van der Waals surface area (Å²) in [5.41, 5.74) is 2.01. The highest BCUT2D eigenvalue weighted by Gasteiger charge is 2.21. The average molecular weight is 398 g/mol. The molecule has 0 saturated heterocycles. The lowest BCUT2D eigenvalue weighted by Crippen LogP contribution is -2.17. The van der Waals surface area contributed by atoms with Crippen molar-refractivity contribution in [2.24, 2.45) is 0 Å². The lowest BCUT2D eigenvalue weighted by atomic mass is 9.97. The highest BCUT2D eigenvalue weighted by molar-refractivity contribution is 14.1. The molecule has 2 rings (SSSR count). The van der Waals surface area contributed by atoms with Gasteiger partial charge in [0.05, 0.1) is 12.5 Å². The maximum Gasteiger partial charge on any atom is 0.314 e. The van der Waals surface area contributed by atoms with Crippen molar-refractivity contribution in [2.75, 3.05) is 11.0 Å². The first-order chi connectivity index (χ1) is 10.2. The Morgan fingerprint density at radius 2 is 1.95 bits per heavy atom. The molecule has 0 spiro atoms. The number of carbonyl (C=O) groups excluding carboxylic acids is 1. The molecule has 0 fully saturated rings. The first-order valence-corrected chi connectivity index (χ1v) is 8.27. The summed E-state index contributed by atoms with van der Waals surface area (Å²) in [5, 5.41) is 0. The summed E-state index contributed by atoms with van der Waals surface area (Å²) in [6.45, 7) is 2.10. The maximum absolute atomic E-state index is 14.3. The first-order valence-electron chi connectivity index (χ1n) is 6.74. The molecule has 0 N–H and O–H groups in total. The molecule has 2 aromatic rings. The van der Waals surface area contributed by atoms with Gasteiger partial charge in [0, 0.05) is 9.99 Å². The number of hydrogen-bond donors (Lipinski definition) is 0. The minimum absolute atomic E-state index is 0.307. The summed E-state index contributed by atoms with van der Waals surface area (Å²) >= 11 is 2.12. The molecule has 0 heterocycles. The second-order valence-corrected chi connectivity index (χ2v) is 5.45. The lowest BCUT2D eigenvalue weighted by molar-refractivity contribution is -0.144. The number of esters is 1. The van der Waals surface area contributed by atoms with E-state index in [2.05, 4.69) is 22.6 Å². The van der Waals surface area contributed by atoms with Crippen molar-refractivity contribution in [1.29, 1.82) is 0 Å². The van der Waals surface area contributed by atoms with Crippen LogP contribution in [-0.2, 0) is 9.53 Å². The van der Waals surface area contributed by atoms with Gasteiger partial charge in [-0.15, -0.1) is 0 Å². The van der Waals surface area contributed by atoms with Crippen molar-refractivity contribution >= 4 is 28.6 Å². The maximum atomic E-state index is 14.3. The summed E-state index contributed by atoms with van der Waals surface area (Å²) in [7, 11) is 0. The van der Waals surface area contributed by atoms with Crippen molar-refractivity contribution in [3.8, 4) is 11.1 Å². The second-order valence-electron chi connectivity index (χ2n) is 4.56. The van der Waals surface area contributed by atoms with Gasteiger partial charge in [0.1, 0.15) is 5.82 Å². The minimum Gasteiger partial charge on any atom is -0.466 e. The molecule has 110 valence electrons. The van der Waals surface area contributed by atoms with Crippen LogP contribution in [0.25, 0.3) is 11.1 Å². The largest absolute Gasteiger partial charge is 0.466 e. The van der Waals surface area contributed by atoms with Gasteiger partial charge in [-0.1, -0.05) is 65.1 Å². The molecule has 0 aliphatic rings. The highest BCUT2D eigenvalue weighted by Crippen LogP contribution is 2.27. The topological polar surface area (TPSA) is 26.3 Å². The van der Waals surface area contributed by atoms with E-state index in [-0.39, 0.29) is 11.8 Å². The van der Waals surface area contributed by atoms with E-state index in [0.29, 0.717) is 22.2 Å². The van der Waals surface area contributed by atoms with Crippen molar-refractivity contribution < 1.29 is 13.9 Å². The zero-order valence-electron chi connectivity index (χ0n) is 11.7.